The lowest BCUT2D eigenvalue weighted by Crippen LogP contribution is -2.60. The van der Waals surface area contributed by atoms with Crippen molar-refractivity contribution in [1.82, 2.24) is 4.90 Å². The van der Waals surface area contributed by atoms with Crippen molar-refractivity contribution in [1.29, 1.82) is 0 Å². The molecule has 2 saturated heterocycles. The summed E-state index contributed by atoms with van der Waals surface area (Å²) in [4.78, 5) is 14.6. The van der Waals surface area contributed by atoms with E-state index in [1.54, 1.807) is 0 Å². The summed E-state index contributed by atoms with van der Waals surface area (Å²) >= 11 is 0. The van der Waals surface area contributed by atoms with Gasteiger partial charge in [0.05, 0.1) is 5.60 Å². The number of nitrogens with zero attached hydrogens (tertiary/aromatic N) is 1. The zero-order valence-electron chi connectivity index (χ0n) is 15.0. The number of hydrogen-bond donors (Lipinski definition) is 1. The van der Waals surface area contributed by atoms with Crippen molar-refractivity contribution in [2.45, 2.75) is 108 Å². The van der Waals surface area contributed by atoms with Crippen LogP contribution in [-0.4, -0.2) is 39.4 Å². The molecule has 3 rings (SSSR count). The number of rotatable bonds is 2. The van der Waals surface area contributed by atoms with Gasteiger partial charge in [-0.05, 0) is 65.2 Å². The summed E-state index contributed by atoms with van der Waals surface area (Å²) < 4.78 is 5.62. The summed E-state index contributed by atoms with van der Waals surface area (Å²) in [5.74, 6) is 0.689. The highest BCUT2D eigenvalue weighted by molar-refractivity contribution is 5.69. The highest BCUT2D eigenvalue weighted by Gasteiger charge is 2.49. The first-order valence-electron chi connectivity index (χ1n) is 9.49. The fourth-order valence-corrected chi connectivity index (χ4v) is 5.06. The van der Waals surface area contributed by atoms with E-state index < -0.39 is 11.2 Å². The molecular weight excluding hydrogens is 290 g/mol. The minimum atomic E-state index is -0.566. The average Bonchev–Trinajstić information content (AvgIpc) is 2.87. The van der Waals surface area contributed by atoms with Crippen molar-refractivity contribution in [3.63, 3.8) is 0 Å². The minimum Gasteiger partial charge on any atom is -0.444 e. The Morgan fingerprint density at radius 1 is 1.09 bits per heavy atom. The number of fused-ring (bicyclic) bond motifs is 2. The molecule has 2 atom stereocenters. The first kappa shape index (κ1) is 17.1. The van der Waals surface area contributed by atoms with Crippen molar-refractivity contribution in [2.24, 2.45) is 5.92 Å². The number of piperidine rings is 2. The van der Waals surface area contributed by atoms with Gasteiger partial charge < -0.3 is 14.7 Å². The van der Waals surface area contributed by atoms with Crippen molar-refractivity contribution < 1.29 is 14.6 Å². The Morgan fingerprint density at radius 3 is 2.17 bits per heavy atom. The van der Waals surface area contributed by atoms with E-state index in [0.29, 0.717) is 5.92 Å². The van der Waals surface area contributed by atoms with Gasteiger partial charge in [-0.2, -0.15) is 0 Å². The second kappa shape index (κ2) is 6.27. The molecule has 0 aromatic heterocycles. The van der Waals surface area contributed by atoms with Gasteiger partial charge in [0.2, 0.25) is 0 Å². The Bertz CT molecular complexity index is 422. The van der Waals surface area contributed by atoms with E-state index in [-0.39, 0.29) is 18.2 Å². The van der Waals surface area contributed by atoms with Gasteiger partial charge in [-0.15, -0.1) is 0 Å². The average molecular weight is 323 g/mol. The monoisotopic (exact) mass is 323 g/mol. The van der Waals surface area contributed by atoms with Crippen LogP contribution in [-0.2, 0) is 4.74 Å². The summed E-state index contributed by atoms with van der Waals surface area (Å²) in [6.45, 7) is 5.75. The second-order valence-electron chi connectivity index (χ2n) is 9.11. The molecule has 4 nitrogen and oxygen atoms in total. The van der Waals surface area contributed by atoms with Crippen LogP contribution in [0.25, 0.3) is 0 Å². The third kappa shape index (κ3) is 4.01. The highest BCUT2D eigenvalue weighted by atomic mass is 16.6. The van der Waals surface area contributed by atoms with E-state index in [9.17, 15) is 9.90 Å². The van der Waals surface area contributed by atoms with Gasteiger partial charge in [-0.1, -0.05) is 25.7 Å². The molecule has 0 radical (unpaired) electrons. The van der Waals surface area contributed by atoms with Gasteiger partial charge in [0, 0.05) is 12.1 Å². The number of aliphatic hydroxyl groups is 1. The molecule has 1 aliphatic carbocycles. The molecule has 2 aliphatic heterocycles. The molecule has 1 amide bonds. The van der Waals surface area contributed by atoms with Crippen molar-refractivity contribution in [2.75, 3.05) is 0 Å². The fraction of sp³-hybridized carbons (Fsp3) is 0.947. The van der Waals surface area contributed by atoms with Gasteiger partial charge in [-0.3, -0.25) is 0 Å². The van der Waals surface area contributed by atoms with Crippen LogP contribution >= 0.6 is 0 Å². The molecule has 23 heavy (non-hydrogen) atoms. The summed E-state index contributed by atoms with van der Waals surface area (Å²) in [7, 11) is 0. The molecule has 0 spiro atoms. The maximum absolute atomic E-state index is 12.6. The largest absolute Gasteiger partial charge is 0.444 e. The molecule has 2 unspecified atom stereocenters. The van der Waals surface area contributed by atoms with Gasteiger partial charge in [0.1, 0.15) is 5.60 Å². The zero-order chi connectivity index (χ0) is 16.7. The number of hydrogen-bond acceptors (Lipinski definition) is 3. The van der Waals surface area contributed by atoms with Crippen molar-refractivity contribution in [3.8, 4) is 0 Å². The summed E-state index contributed by atoms with van der Waals surface area (Å²) in [5.41, 5.74) is -1.02. The van der Waals surface area contributed by atoms with Crippen LogP contribution in [0, 0.1) is 5.92 Å². The highest BCUT2D eigenvalue weighted by Crippen LogP contribution is 2.44. The third-order valence-corrected chi connectivity index (χ3v) is 5.84. The van der Waals surface area contributed by atoms with E-state index in [0.717, 1.165) is 38.5 Å². The van der Waals surface area contributed by atoms with Gasteiger partial charge in [-0.25, -0.2) is 4.79 Å². The Kier molecular flexibility index (Phi) is 4.65. The first-order valence-corrected chi connectivity index (χ1v) is 9.49. The molecular formula is C19H33NO3. The number of amides is 1. The maximum Gasteiger partial charge on any atom is 0.410 e. The number of carbonyl (C=O) groups excluding carboxylic acids is 1. The Labute approximate surface area is 140 Å². The van der Waals surface area contributed by atoms with Gasteiger partial charge in [0.25, 0.3) is 0 Å². The van der Waals surface area contributed by atoms with Crippen LogP contribution in [0.15, 0.2) is 0 Å². The van der Waals surface area contributed by atoms with Crippen LogP contribution in [0.1, 0.15) is 85.0 Å². The third-order valence-electron chi connectivity index (χ3n) is 5.84. The SMILES string of the molecule is CC(C)(C)OC(=O)N1C2CCCC1CC(O)(CC1CCCC1)C2. The molecule has 1 saturated carbocycles. The van der Waals surface area contributed by atoms with E-state index in [2.05, 4.69) is 0 Å². The van der Waals surface area contributed by atoms with Crippen LogP contribution in [0.2, 0.25) is 0 Å². The molecule has 2 heterocycles. The second-order valence-corrected chi connectivity index (χ2v) is 9.11. The van der Waals surface area contributed by atoms with Crippen LogP contribution < -0.4 is 0 Å². The standard InChI is InChI=1S/C19H33NO3/c1-18(2,3)23-17(21)20-15-9-6-10-16(20)13-19(22,12-15)11-14-7-4-5-8-14/h14-16,22H,4-13H2,1-3H3. The van der Waals surface area contributed by atoms with E-state index in [4.69, 9.17) is 4.74 Å². The smallest absolute Gasteiger partial charge is 0.410 e. The Morgan fingerprint density at radius 2 is 1.65 bits per heavy atom. The van der Waals surface area contributed by atoms with Crippen molar-refractivity contribution in [3.05, 3.63) is 0 Å². The number of carbonyl (C=O) groups is 1. The molecule has 3 aliphatic rings. The van der Waals surface area contributed by atoms with E-state index >= 15 is 0 Å². The predicted molar refractivity (Wildman–Crippen MR) is 90.3 cm³/mol. The lowest BCUT2D eigenvalue weighted by Gasteiger charge is -2.52. The normalized spacial score (nSPS) is 35.4. The zero-order valence-corrected chi connectivity index (χ0v) is 15.0. The molecule has 4 heteroatoms. The van der Waals surface area contributed by atoms with Gasteiger partial charge in [0.15, 0.2) is 0 Å². The molecule has 3 fully saturated rings. The Hall–Kier alpha value is -0.770. The van der Waals surface area contributed by atoms with Crippen LogP contribution in [0.4, 0.5) is 4.79 Å². The summed E-state index contributed by atoms with van der Waals surface area (Å²) in [6, 6.07) is 0.313. The predicted octanol–water partition coefficient (Wildman–Crippen LogP) is 4.25. The maximum atomic E-state index is 12.6. The first-order chi connectivity index (χ1) is 10.8. The van der Waals surface area contributed by atoms with Crippen molar-refractivity contribution >= 4 is 6.09 Å². The van der Waals surface area contributed by atoms with Gasteiger partial charge >= 0.3 is 6.09 Å². The van der Waals surface area contributed by atoms with E-state index in [1.807, 2.05) is 25.7 Å². The van der Waals surface area contributed by atoms with E-state index in [1.165, 1.54) is 25.7 Å². The minimum absolute atomic E-state index is 0.156. The lowest BCUT2D eigenvalue weighted by molar-refractivity contribution is -0.101. The Balaban J connectivity index is 1.68. The molecule has 2 bridgehead atoms. The molecule has 132 valence electrons. The fourth-order valence-electron chi connectivity index (χ4n) is 5.06. The lowest BCUT2D eigenvalue weighted by atomic mass is 9.72. The quantitative estimate of drug-likeness (QED) is 0.826. The molecule has 0 aromatic rings. The summed E-state index contributed by atoms with van der Waals surface area (Å²) in [5, 5.41) is 11.2. The summed E-state index contributed by atoms with van der Waals surface area (Å²) in [6.07, 6.45) is 10.6. The molecule has 1 N–H and O–H groups in total. The van der Waals surface area contributed by atoms with Crippen LogP contribution in [0.3, 0.4) is 0 Å². The molecule has 0 aromatic carbocycles. The number of ether oxygens (including phenoxy) is 1. The van der Waals surface area contributed by atoms with Crippen LogP contribution in [0.5, 0.6) is 0 Å². The topological polar surface area (TPSA) is 49.8 Å².